The molecule has 0 saturated heterocycles. The van der Waals surface area contributed by atoms with E-state index in [1.54, 1.807) is 0 Å². The van der Waals surface area contributed by atoms with E-state index in [-0.39, 0.29) is 0 Å². The van der Waals surface area contributed by atoms with Crippen LogP contribution in [0.15, 0.2) is 18.2 Å². The van der Waals surface area contributed by atoms with Crippen LogP contribution in [0.3, 0.4) is 0 Å². The highest BCUT2D eigenvalue weighted by atomic mass is 15.1. The van der Waals surface area contributed by atoms with Crippen molar-refractivity contribution < 1.29 is 0 Å². The monoisotopic (exact) mass is 211 g/mol. The highest BCUT2D eigenvalue weighted by Crippen LogP contribution is 2.33. The smallest absolute Gasteiger partial charge is 0.109 e. The zero-order chi connectivity index (χ0) is 11.1. The molecule has 0 N–H and O–H groups in total. The van der Waals surface area contributed by atoms with Crippen molar-refractivity contribution in [2.45, 2.75) is 19.3 Å². The largest absolute Gasteiger partial charge is 0.331 e. The molecule has 1 aliphatic rings. The van der Waals surface area contributed by atoms with Gasteiger partial charge in [0.2, 0.25) is 0 Å². The fourth-order valence-electron chi connectivity index (χ4n) is 2.12. The van der Waals surface area contributed by atoms with Crippen LogP contribution in [-0.2, 0) is 13.5 Å². The molecule has 2 aromatic rings. The van der Waals surface area contributed by atoms with Gasteiger partial charge < -0.3 is 4.57 Å². The van der Waals surface area contributed by atoms with Gasteiger partial charge >= 0.3 is 0 Å². The van der Waals surface area contributed by atoms with Crippen molar-refractivity contribution in [1.82, 2.24) is 9.55 Å². The molecule has 0 radical (unpaired) electrons. The molecule has 16 heavy (non-hydrogen) atoms. The van der Waals surface area contributed by atoms with Crippen LogP contribution in [0.1, 0.15) is 24.2 Å². The van der Waals surface area contributed by atoms with Crippen molar-refractivity contribution in [3.05, 3.63) is 29.6 Å². The normalized spacial score (nSPS) is 15.2. The van der Waals surface area contributed by atoms with E-state index in [4.69, 9.17) is 5.26 Å². The molecule has 3 heteroatoms. The van der Waals surface area contributed by atoms with Gasteiger partial charge in [0.15, 0.2) is 0 Å². The lowest BCUT2D eigenvalue weighted by molar-refractivity contribution is 0.727. The Morgan fingerprint density at radius 3 is 3.00 bits per heavy atom. The van der Waals surface area contributed by atoms with Crippen LogP contribution in [0.25, 0.3) is 11.0 Å². The SMILES string of the molecule is Cn1c(CC2CC2)nc2c(C#N)cccc21. The van der Waals surface area contributed by atoms with Crippen molar-refractivity contribution in [1.29, 1.82) is 5.26 Å². The number of rotatable bonds is 2. The number of hydrogen-bond acceptors (Lipinski definition) is 2. The van der Waals surface area contributed by atoms with Crippen molar-refractivity contribution in [2.24, 2.45) is 13.0 Å². The molecule has 0 unspecified atom stereocenters. The number of nitrogens with zero attached hydrogens (tertiary/aromatic N) is 3. The Labute approximate surface area is 94.3 Å². The summed E-state index contributed by atoms with van der Waals surface area (Å²) in [7, 11) is 2.04. The van der Waals surface area contributed by atoms with Crippen LogP contribution in [0, 0.1) is 17.2 Å². The summed E-state index contributed by atoms with van der Waals surface area (Å²) in [6.07, 6.45) is 3.71. The lowest BCUT2D eigenvalue weighted by atomic mass is 10.2. The quantitative estimate of drug-likeness (QED) is 0.765. The van der Waals surface area contributed by atoms with Crippen LogP contribution in [0.2, 0.25) is 0 Å². The van der Waals surface area contributed by atoms with Crippen LogP contribution >= 0.6 is 0 Å². The fraction of sp³-hybridized carbons (Fsp3) is 0.385. The first-order chi connectivity index (χ1) is 7.79. The molecular weight excluding hydrogens is 198 g/mol. The molecule has 1 saturated carbocycles. The summed E-state index contributed by atoms with van der Waals surface area (Å²) in [5, 5.41) is 9.03. The predicted molar refractivity (Wildman–Crippen MR) is 61.9 cm³/mol. The van der Waals surface area contributed by atoms with E-state index in [2.05, 4.69) is 15.6 Å². The molecule has 1 aliphatic carbocycles. The van der Waals surface area contributed by atoms with E-state index >= 15 is 0 Å². The Hall–Kier alpha value is -1.82. The maximum absolute atomic E-state index is 9.03. The molecule has 0 aliphatic heterocycles. The summed E-state index contributed by atoms with van der Waals surface area (Å²) >= 11 is 0. The summed E-state index contributed by atoms with van der Waals surface area (Å²) in [5.74, 6) is 1.93. The topological polar surface area (TPSA) is 41.6 Å². The second-order valence-electron chi connectivity index (χ2n) is 4.52. The molecule has 80 valence electrons. The van der Waals surface area contributed by atoms with Crippen molar-refractivity contribution in [3.8, 4) is 6.07 Å². The molecule has 1 fully saturated rings. The minimum atomic E-state index is 0.676. The summed E-state index contributed by atoms with van der Waals surface area (Å²) in [6, 6.07) is 7.98. The fourth-order valence-corrected chi connectivity index (χ4v) is 2.12. The highest BCUT2D eigenvalue weighted by molar-refractivity contribution is 5.82. The molecule has 0 bridgehead atoms. The number of aromatic nitrogens is 2. The lowest BCUT2D eigenvalue weighted by Gasteiger charge is -1.99. The maximum atomic E-state index is 9.03. The second kappa shape index (κ2) is 3.34. The van der Waals surface area contributed by atoms with Gasteiger partial charge in [0, 0.05) is 13.5 Å². The zero-order valence-electron chi connectivity index (χ0n) is 9.27. The van der Waals surface area contributed by atoms with Crippen LogP contribution in [0.5, 0.6) is 0 Å². The van der Waals surface area contributed by atoms with Gasteiger partial charge in [-0.05, 0) is 30.9 Å². The predicted octanol–water partition coefficient (Wildman–Crippen LogP) is 2.40. The third-order valence-electron chi connectivity index (χ3n) is 3.29. The number of hydrogen-bond donors (Lipinski definition) is 0. The Balaban J connectivity index is 2.17. The zero-order valence-corrected chi connectivity index (χ0v) is 9.27. The molecule has 3 rings (SSSR count). The molecule has 1 heterocycles. The average molecular weight is 211 g/mol. The maximum Gasteiger partial charge on any atom is 0.109 e. The summed E-state index contributed by atoms with van der Waals surface area (Å²) in [5.41, 5.74) is 2.59. The molecule has 1 aromatic heterocycles. The van der Waals surface area contributed by atoms with E-state index in [9.17, 15) is 0 Å². The van der Waals surface area contributed by atoms with Gasteiger partial charge in [-0.1, -0.05) is 6.07 Å². The van der Waals surface area contributed by atoms with Gasteiger partial charge in [0.25, 0.3) is 0 Å². The average Bonchev–Trinajstić information content (AvgIpc) is 3.05. The Morgan fingerprint density at radius 2 is 2.31 bits per heavy atom. The van der Waals surface area contributed by atoms with Gasteiger partial charge in [0.05, 0.1) is 11.1 Å². The number of fused-ring (bicyclic) bond motifs is 1. The standard InChI is InChI=1S/C13H13N3/c1-16-11-4-2-3-10(8-14)13(11)15-12(16)7-9-5-6-9/h2-4,9H,5-7H2,1H3. The Bertz CT molecular complexity index is 585. The molecule has 0 spiro atoms. The number of para-hydroxylation sites is 1. The van der Waals surface area contributed by atoms with E-state index < -0.39 is 0 Å². The molecular formula is C13H13N3. The Morgan fingerprint density at radius 1 is 1.50 bits per heavy atom. The lowest BCUT2D eigenvalue weighted by Crippen LogP contribution is -1.98. The van der Waals surface area contributed by atoms with E-state index in [1.165, 1.54) is 12.8 Å². The number of benzene rings is 1. The molecule has 1 aromatic carbocycles. The van der Waals surface area contributed by atoms with E-state index in [1.807, 2.05) is 25.2 Å². The second-order valence-corrected chi connectivity index (χ2v) is 4.52. The van der Waals surface area contributed by atoms with Crippen LogP contribution < -0.4 is 0 Å². The van der Waals surface area contributed by atoms with Gasteiger partial charge in [-0.25, -0.2) is 4.98 Å². The number of aryl methyl sites for hydroxylation is 1. The first-order valence-electron chi connectivity index (χ1n) is 5.64. The molecule has 0 amide bonds. The van der Waals surface area contributed by atoms with Crippen LogP contribution in [-0.4, -0.2) is 9.55 Å². The van der Waals surface area contributed by atoms with Crippen molar-refractivity contribution in [2.75, 3.05) is 0 Å². The van der Waals surface area contributed by atoms with Gasteiger partial charge in [-0.15, -0.1) is 0 Å². The van der Waals surface area contributed by atoms with Gasteiger partial charge in [-0.3, -0.25) is 0 Å². The van der Waals surface area contributed by atoms with Crippen molar-refractivity contribution in [3.63, 3.8) is 0 Å². The van der Waals surface area contributed by atoms with E-state index in [0.717, 1.165) is 29.2 Å². The number of imidazole rings is 1. The molecule has 0 atom stereocenters. The number of nitriles is 1. The molecule has 3 nitrogen and oxygen atoms in total. The van der Waals surface area contributed by atoms with Gasteiger partial charge in [-0.2, -0.15) is 5.26 Å². The summed E-state index contributed by atoms with van der Waals surface area (Å²) in [6.45, 7) is 0. The third-order valence-corrected chi connectivity index (χ3v) is 3.29. The third kappa shape index (κ3) is 1.38. The van der Waals surface area contributed by atoms with Crippen LogP contribution in [0.4, 0.5) is 0 Å². The summed E-state index contributed by atoms with van der Waals surface area (Å²) in [4.78, 5) is 4.60. The minimum absolute atomic E-state index is 0.676. The highest BCUT2D eigenvalue weighted by Gasteiger charge is 2.24. The minimum Gasteiger partial charge on any atom is -0.331 e. The first kappa shape index (κ1) is 9.41. The Kier molecular flexibility index (Phi) is 1.97. The van der Waals surface area contributed by atoms with Gasteiger partial charge in [0.1, 0.15) is 17.4 Å². The van der Waals surface area contributed by atoms with Crippen molar-refractivity contribution >= 4 is 11.0 Å². The first-order valence-corrected chi connectivity index (χ1v) is 5.64. The van der Waals surface area contributed by atoms with E-state index in [0.29, 0.717) is 5.56 Å². The summed E-state index contributed by atoms with van der Waals surface area (Å²) < 4.78 is 2.12.